The number of halogens is 1. The van der Waals surface area contributed by atoms with Crippen molar-refractivity contribution in [2.24, 2.45) is 5.92 Å². The van der Waals surface area contributed by atoms with Crippen molar-refractivity contribution in [3.8, 4) is 5.75 Å². The summed E-state index contributed by atoms with van der Waals surface area (Å²) in [6.07, 6.45) is 0.991. The predicted molar refractivity (Wildman–Crippen MR) is 122 cm³/mol. The Balaban J connectivity index is 1.87. The minimum Gasteiger partial charge on any atom is -0.487 e. The van der Waals surface area contributed by atoms with Crippen molar-refractivity contribution < 1.29 is 27.1 Å². The van der Waals surface area contributed by atoms with E-state index in [0.29, 0.717) is 18.7 Å². The van der Waals surface area contributed by atoms with Crippen LogP contribution >= 0.6 is 0 Å². The third-order valence-electron chi connectivity index (χ3n) is 6.40. The van der Waals surface area contributed by atoms with E-state index < -0.39 is 46.1 Å². The van der Waals surface area contributed by atoms with E-state index in [1.807, 2.05) is 13.8 Å². The first-order valence-corrected chi connectivity index (χ1v) is 13.0. The van der Waals surface area contributed by atoms with Gasteiger partial charge in [0.2, 0.25) is 21.8 Å². The highest BCUT2D eigenvalue weighted by atomic mass is 32.2. The van der Waals surface area contributed by atoms with E-state index in [1.54, 1.807) is 18.9 Å². The summed E-state index contributed by atoms with van der Waals surface area (Å²) >= 11 is 0. The maximum atomic E-state index is 13.6. The van der Waals surface area contributed by atoms with Gasteiger partial charge < -0.3 is 20.3 Å². The molecule has 33 heavy (non-hydrogen) atoms. The van der Waals surface area contributed by atoms with Gasteiger partial charge in [0, 0.05) is 6.54 Å². The lowest BCUT2D eigenvalue weighted by atomic mass is 10.0. The van der Waals surface area contributed by atoms with Crippen molar-refractivity contribution in [2.75, 3.05) is 26.4 Å². The Labute approximate surface area is 194 Å². The highest BCUT2D eigenvalue weighted by molar-refractivity contribution is 7.88. The molecule has 3 rings (SSSR count). The molecule has 0 aliphatic carbocycles. The van der Waals surface area contributed by atoms with Gasteiger partial charge in [0.15, 0.2) is 0 Å². The number of nitrogens with one attached hydrogen (secondary N) is 2. The Bertz CT molecular complexity index is 972. The molecule has 2 amide bonds. The standard InChI is InChI=1S/C22H33FN4O5S/c1-13(2)19(25-21(28)14(3)24-4)22(29)26-11-10-17-20(26)18(12-27(17)33(5,30)31)32-16-8-6-15(23)7-9-16/h6-9,13-14,17-20,24H,10-12H2,1-5H3,(H,25,28)/t14-,17+,18-,19-,20-/m0/s1. The van der Waals surface area contributed by atoms with Crippen molar-refractivity contribution in [1.29, 1.82) is 0 Å². The Morgan fingerprint density at radius 2 is 1.82 bits per heavy atom. The van der Waals surface area contributed by atoms with Gasteiger partial charge >= 0.3 is 0 Å². The average molecular weight is 485 g/mol. The topological polar surface area (TPSA) is 108 Å². The lowest BCUT2D eigenvalue weighted by molar-refractivity contribution is -0.139. The van der Waals surface area contributed by atoms with E-state index in [2.05, 4.69) is 10.6 Å². The molecule has 2 fully saturated rings. The second kappa shape index (κ2) is 9.94. The van der Waals surface area contributed by atoms with Crippen molar-refractivity contribution in [3.63, 3.8) is 0 Å². The van der Waals surface area contributed by atoms with Crippen LogP contribution in [0.4, 0.5) is 4.39 Å². The molecule has 0 bridgehead atoms. The van der Waals surface area contributed by atoms with Gasteiger partial charge in [-0.3, -0.25) is 9.59 Å². The molecule has 1 aromatic rings. The molecule has 0 aromatic heterocycles. The number of carbonyl (C=O) groups excluding carboxylic acids is 2. The molecule has 2 aliphatic heterocycles. The minimum absolute atomic E-state index is 0.0881. The molecular formula is C22H33FN4O5S. The maximum Gasteiger partial charge on any atom is 0.245 e. The summed E-state index contributed by atoms with van der Waals surface area (Å²) < 4.78 is 45.6. The van der Waals surface area contributed by atoms with Gasteiger partial charge in [0.1, 0.15) is 23.7 Å². The molecule has 0 spiro atoms. The quantitative estimate of drug-likeness (QED) is 0.559. The first-order chi connectivity index (χ1) is 15.4. The predicted octanol–water partition coefficient (Wildman–Crippen LogP) is 0.567. The zero-order valence-electron chi connectivity index (χ0n) is 19.6. The fourth-order valence-electron chi connectivity index (χ4n) is 4.52. The number of fused-ring (bicyclic) bond motifs is 1. The highest BCUT2D eigenvalue weighted by Crippen LogP contribution is 2.36. The summed E-state index contributed by atoms with van der Waals surface area (Å²) in [5, 5.41) is 5.69. The molecule has 2 heterocycles. The van der Waals surface area contributed by atoms with Crippen LogP contribution in [-0.2, 0) is 19.6 Å². The molecule has 2 N–H and O–H groups in total. The van der Waals surface area contributed by atoms with E-state index in [-0.39, 0.29) is 24.3 Å². The lowest BCUT2D eigenvalue weighted by Crippen LogP contribution is -2.57. The number of sulfonamides is 1. The number of ether oxygens (including phenoxy) is 1. The average Bonchev–Trinajstić information content (AvgIpc) is 3.33. The molecule has 1 aromatic carbocycles. The van der Waals surface area contributed by atoms with Crippen molar-refractivity contribution >= 4 is 21.8 Å². The summed E-state index contributed by atoms with van der Waals surface area (Å²) in [6.45, 7) is 5.85. The molecule has 184 valence electrons. The number of hydrogen-bond donors (Lipinski definition) is 2. The monoisotopic (exact) mass is 484 g/mol. The number of rotatable bonds is 8. The number of amides is 2. The van der Waals surface area contributed by atoms with Crippen LogP contribution < -0.4 is 15.4 Å². The SMILES string of the molecule is CN[C@@H](C)C(=O)N[C@H](C(=O)N1CC[C@@H]2[C@H]1[C@@H](Oc1ccc(F)cc1)CN2S(C)(=O)=O)C(C)C. The third-order valence-corrected chi connectivity index (χ3v) is 7.67. The molecule has 5 atom stereocenters. The van der Waals surface area contributed by atoms with Crippen LogP contribution in [0.2, 0.25) is 0 Å². The summed E-state index contributed by atoms with van der Waals surface area (Å²) in [6, 6.07) is 3.32. The first-order valence-electron chi connectivity index (χ1n) is 11.1. The number of benzene rings is 1. The zero-order valence-corrected chi connectivity index (χ0v) is 20.4. The van der Waals surface area contributed by atoms with Gasteiger partial charge in [-0.05, 0) is 50.6 Å². The fourth-order valence-corrected chi connectivity index (χ4v) is 5.66. The Hall–Kier alpha value is -2.24. The normalized spacial score (nSPS) is 25.1. The summed E-state index contributed by atoms with van der Waals surface area (Å²) in [7, 11) is -1.87. The smallest absolute Gasteiger partial charge is 0.245 e. The Morgan fingerprint density at radius 1 is 1.18 bits per heavy atom. The summed E-state index contributed by atoms with van der Waals surface area (Å²) in [4.78, 5) is 27.7. The van der Waals surface area contributed by atoms with E-state index in [0.717, 1.165) is 6.26 Å². The largest absolute Gasteiger partial charge is 0.487 e. The molecule has 9 nitrogen and oxygen atoms in total. The van der Waals surface area contributed by atoms with E-state index in [1.165, 1.54) is 28.6 Å². The molecule has 0 radical (unpaired) electrons. The van der Waals surface area contributed by atoms with Gasteiger partial charge in [0.05, 0.1) is 30.9 Å². The van der Waals surface area contributed by atoms with Crippen molar-refractivity contribution in [3.05, 3.63) is 30.1 Å². The van der Waals surface area contributed by atoms with Gasteiger partial charge in [0.25, 0.3) is 0 Å². The summed E-state index contributed by atoms with van der Waals surface area (Å²) in [5.74, 6) is -0.742. The van der Waals surface area contributed by atoms with Gasteiger partial charge in [-0.2, -0.15) is 4.31 Å². The molecule has 11 heteroatoms. The van der Waals surface area contributed by atoms with Crippen LogP contribution in [0.1, 0.15) is 27.2 Å². The molecule has 0 unspecified atom stereocenters. The number of nitrogens with zero attached hydrogens (tertiary/aromatic N) is 2. The second-order valence-corrected chi connectivity index (χ2v) is 11.0. The van der Waals surface area contributed by atoms with E-state index in [4.69, 9.17) is 4.74 Å². The number of likely N-dealkylation sites (tertiary alicyclic amines) is 1. The first kappa shape index (κ1) is 25.4. The van der Waals surface area contributed by atoms with E-state index >= 15 is 0 Å². The second-order valence-electron chi connectivity index (χ2n) is 9.06. The molecular weight excluding hydrogens is 451 g/mol. The molecule has 2 saturated heterocycles. The Morgan fingerprint density at radius 3 is 2.36 bits per heavy atom. The Kier molecular flexibility index (Phi) is 7.65. The number of likely N-dealkylation sites (N-methyl/N-ethyl adjacent to an activating group) is 1. The van der Waals surface area contributed by atoms with Crippen LogP contribution in [0, 0.1) is 11.7 Å². The third kappa shape index (κ3) is 5.47. The van der Waals surface area contributed by atoms with Crippen LogP contribution in [0.5, 0.6) is 5.75 Å². The van der Waals surface area contributed by atoms with Crippen LogP contribution in [0.3, 0.4) is 0 Å². The number of hydrogen-bond acceptors (Lipinski definition) is 6. The molecule has 0 saturated carbocycles. The van der Waals surface area contributed by atoms with Gasteiger partial charge in [-0.15, -0.1) is 0 Å². The van der Waals surface area contributed by atoms with Crippen molar-refractivity contribution in [1.82, 2.24) is 19.8 Å². The summed E-state index contributed by atoms with van der Waals surface area (Å²) in [5.41, 5.74) is 0. The molecule has 2 aliphatic rings. The lowest BCUT2D eigenvalue weighted by Gasteiger charge is -2.33. The van der Waals surface area contributed by atoms with Crippen LogP contribution in [-0.4, -0.2) is 86.1 Å². The van der Waals surface area contributed by atoms with E-state index in [9.17, 15) is 22.4 Å². The highest BCUT2D eigenvalue weighted by Gasteiger charge is 2.55. The number of carbonyl (C=O) groups is 2. The maximum absolute atomic E-state index is 13.6. The van der Waals surface area contributed by atoms with Gasteiger partial charge in [-0.25, -0.2) is 12.8 Å². The minimum atomic E-state index is -3.53. The van der Waals surface area contributed by atoms with Gasteiger partial charge in [-0.1, -0.05) is 13.8 Å². The van der Waals surface area contributed by atoms with Crippen LogP contribution in [0.15, 0.2) is 24.3 Å². The zero-order chi connectivity index (χ0) is 24.5. The van der Waals surface area contributed by atoms with Crippen molar-refractivity contribution in [2.45, 2.75) is 57.5 Å². The van der Waals surface area contributed by atoms with Crippen LogP contribution in [0.25, 0.3) is 0 Å². The fraction of sp³-hybridized carbons (Fsp3) is 0.636.